The van der Waals surface area contributed by atoms with Crippen LogP contribution in [0.1, 0.15) is 61.3 Å². The fourth-order valence-electron chi connectivity index (χ4n) is 12.8. The minimum atomic E-state index is 0. The van der Waals surface area contributed by atoms with E-state index >= 15 is 0 Å². The smallest absolute Gasteiger partial charge is 0.131 e. The van der Waals surface area contributed by atoms with Gasteiger partial charge in [0.15, 0.2) is 0 Å². The first-order chi connectivity index (χ1) is 23.2. The fraction of sp³-hybridized carbons (Fsp3) is 0.500. The monoisotopic (exact) mass is 718 g/mol. The molecular formula is C40H48Cl2N4O4. The summed E-state index contributed by atoms with van der Waals surface area (Å²) in [5, 5.41) is 47.1. The van der Waals surface area contributed by atoms with Crippen LogP contribution in [0.25, 0.3) is 32.9 Å². The number of halogens is 2. The second-order valence-electron chi connectivity index (χ2n) is 16.5. The molecule has 10 unspecified atom stereocenters. The van der Waals surface area contributed by atoms with Crippen LogP contribution in [-0.2, 0) is 12.8 Å². The molecule has 8 aliphatic heterocycles. The molecule has 6 fully saturated rings. The number of quaternary nitrogens is 2. The quantitative estimate of drug-likeness (QED) is 0.130. The number of aromatic amines is 2. The number of allylic oxidation sites excluding steroid dienone is 2. The van der Waals surface area contributed by atoms with Crippen LogP contribution in [0.15, 0.2) is 47.6 Å². The summed E-state index contributed by atoms with van der Waals surface area (Å²) in [5.74, 6) is 1.56. The Morgan fingerprint density at radius 1 is 0.680 bits per heavy atom. The van der Waals surface area contributed by atoms with E-state index in [9.17, 15) is 20.4 Å². The summed E-state index contributed by atoms with van der Waals surface area (Å²) in [7, 11) is 4.76. The van der Waals surface area contributed by atoms with Gasteiger partial charge in [0, 0.05) is 82.3 Å². The molecule has 8 bridgehead atoms. The van der Waals surface area contributed by atoms with Crippen molar-refractivity contribution in [2.75, 3.05) is 40.4 Å². The molecule has 10 heteroatoms. The molecular weight excluding hydrogens is 671 g/mol. The predicted octanol–water partition coefficient (Wildman–Crippen LogP) is -0.263. The van der Waals surface area contributed by atoms with Gasteiger partial charge < -0.3 is 64.2 Å². The maximum atomic E-state index is 11.8. The summed E-state index contributed by atoms with van der Waals surface area (Å²) in [6.07, 6.45) is 8.22. The van der Waals surface area contributed by atoms with Crippen molar-refractivity contribution in [2.45, 2.75) is 63.7 Å². The van der Waals surface area contributed by atoms with Gasteiger partial charge in [-0.2, -0.15) is 0 Å². The number of phenolic OH excluding ortho intramolecular Hbond substituents is 2. The number of H-pyrrole nitrogens is 2. The lowest BCUT2D eigenvalue weighted by Crippen LogP contribution is -3.00. The molecule has 8 nitrogen and oxygen atoms in total. The molecule has 4 aromatic rings. The molecule has 0 radical (unpaired) electrons. The number of benzene rings is 2. The third-order valence-electron chi connectivity index (χ3n) is 15.0. The summed E-state index contributed by atoms with van der Waals surface area (Å²) < 4.78 is 1.83. The van der Waals surface area contributed by atoms with Gasteiger partial charge in [-0.3, -0.25) is 0 Å². The number of hydrogen-bond donors (Lipinski definition) is 6. The van der Waals surface area contributed by atoms with E-state index in [4.69, 9.17) is 0 Å². The van der Waals surface area contributed by atoms with Gasteiger partial charge in [0.1, 0.15) is 36.7 Å². The molecule has 6 N–H and O–H groups in total. The van der Waals surface area contributed by atoms with Gasteiger partial charge in [0.05, 0.1) is 50.8 Å². The van der Waals surface area contributed by atoms with Gasteiger partial charge in [0.2, 0.25) is 0 Å². The van der Waals surface area contributed by atoms with E-state index in [0.717, 1.165) is 69.5 Å². The van der Waals surface area contributed by atoms with Gasteiger partial charge in [-0.25, -0.2) is 0 Å². The Labute approximate surface area is 305 Å². The van der Waals surface area contributed by atoms with Crippen LogP contribution < -0.4 is 24.8 Å². The Morgan fingerprint density at radius 3 is 1.44 bits per heavy atom. The van der Waals surface area contributed by atoms with E-state index in [0.29, 0.717) is 47.1 Å². The second kappa shape index (κ2) is 11.3. The molecule has 10 heterocycles. The number of piperidine rings is 6. The lowest BCUT2D eigenvalue weighted by Gasteiger charge is -2.62. The number of likely N-dealkylation sites (N-methyl/N-ethyl adjacent to an activating group) is 2. The van der Waals surface area contributed by atoms with Crippen LogP contribution >= 0.6 is 0 Å². The number of aromatic nitrogens is 2. The fourth-order valence-corrected chi connectivity index (χ4v) is 12.8. The Hall–Kier alpha value is -2.98. The topological polar surface area (TPSA) is 113 Å². The first-order valence-corrected chi connectivity index (χ1v) is 18.1. The number of fused-ring (bicyclic) bond motifs is 8. The molecule has 266 valence electrons. The maximum Gasteiger partial charge on any atom is 0.131 e. The summed E-state index contributed by atoms with van der Waals surface area (Å²) >= 11 is 0. The Bertz CT molecular complexity index is 1990. The lowest BCUT2D eigenvalue weighted by atomic mass is 9.62. The molecule has 2 aromatic carbocycles. The normalized spacial score (nSPS) is 37.6. The van der Waals surface area contributed by atoms with Gasteiger partial charge >= 0.3 is 0 Å². The number of aliphatic hydroxyl groups is 2. The van der Waals surface area contributed by atoms with E-state index in [2.05, 4.69) is 50.1 Å². The number of nitrogens with zero attached hydrogens (tertiary/aromatic N) is 2. The van der Waals surface area contributed by atoms with E-state index in [1.807, 2.05) is 12.1 Å². The summed E-state index contributed by atoms with van der Waals surface area (Å²) in [5.41, 5.74) is 11.4. The van der Waals surface area contributed by atoms with Crippen LogP contribution in [0.4, 0.5) is 0 Å². The van der Waals surface area contributed by atoms with Crippen molar-refractivity contribution in [3.8, 4) is 22.6 Å². The van der Waals surface area contributed by atoms with Crippen LogP contribution in [0.2, 0.25) is 0 Å². The van der Waals surface area contributed by atoms with E-state index in [-0.39, 0.29) is 61.4 Å². The number of aromatic hydroxyl groups is 2. The number of phenols is 2. The van der Waals surface area contributed by atoms with E-state index < -0.39 is 0 Å². The minimum Gasteiger partial charge on any atom is -1.00 e. The third kappa shape index (κ3) is 3.93. The van der Waals surface area contributed by atoms with Gasteiger partial charge in [0.25, 0.3) is 0 Å². The van der Waals surface area contributed by atoms with Crippen LogP contribution in [-0.4, -0.2) is 91.8 Å². The van der Waals surface area contributed by atoms with Crippen LogP contribution in [0.3, 0.4) is 0 Å². The highest BCUT2D eigenvalue weighted by atomic mass is 35.5. The highest BCUT2D eigenvalue weighted by Crippen LogP contribution is 2.61. The van der Waals surface area contributed by atoms with Gasteiger partial charge in [-0.1, -0.05) is 12.2 Å². The van der Waals surface area contributed by atoms with Crippen LogP contribution in [0, 0.1) is 23.7 Å². The minimum absolute atomic E-state index is 0. The number of aliphatic hydroxyl groups excluding tert-OH is 2. The predicted molar refractivity (Wildman–Crippen MR) is 186 cm³/mol. The zero-order valence-corrected chi connectivity index (χ0v) is 30.7. The number of nitrogens with one attached hydrogen (secondary N) is 2. The van der Waals surface area contributed by atoms with Crippen molar-refractivity contribution in [1.82, 2.24) is 9.97 Å². The molecule has 0 spiro atoms. The molecule has 0 amide bonds. The summed E-state index contributed by atoms with van der Waals surface area (Å²) in [4.78, 5) is 7.71. The third-order valence-corrected chi connectivity index (χ3v) is 15.0. The van der Waals surface area contributed by atoms with Crippen molar-refractivity contribution >= 4 is 21.8 Å². The molecule has 6 saturated heterocycles. The number of hydrogen-bond acceptors (Lipinski definition) is 4. The Morgan fingerprint density at radius 2 is 1.08 bits per heavy atom. The Kier molecular flexibility index (Phi) is 7.68. The molecule has 0 saturated carbocycles. The van der Waals surface area contributed by atoms with Crippen molar-refractivity contribution in [2.24, 2.45) is 23.7 Å². The lowest BCUT2D eigenvalue weighted by molar-refractivity contribution is -0.978. The first kappa shape index (κ1) is 34.1. The molecule has 10 atom stereocenters. The van der Waals surface area contributed by atoms with Crippen LogP contribution in [0.5, 0.6) is 11.5 Å². The second-order valence-corrected chi connectivity index (χ2v) is 16.5. The average Bonchev–Trinajstić information content (AvgIpc) is 3.62. The SMILES string of the molecule is C/C=C1\C[N+]2(C)C3CC1C(CO)C2Cc1c3[nH]c2ccc(O)c(-c3c(O)ccc4[nH]c5c(c34)CC3C(CO)C4CC5[N+]3(C)C/C4=C\C)c12.[Cl-].[Cl-]. The first-order valence-electron chi connectivity index (χ1n) is 18.1. The average molecular weight is 720 g/mol. The molecule has 50 heavy (non-hydrogen) atoms. The van der Waals surface area contributed by atoms with Gasteiger partial charge in [-0.15, -0.1) is 0 Å². The zero-order chi connectivity index (χ0) is 33.0. The standard InChI is InChI=1S/C40H46N4O4.2ClH/c1-5-19-15-43(3)29-13-23-35-27(41-39(23)31(43)11-21(19)25(29)17-45)7-9-33(47)37(35)38-34(48)10-8-28-36(38)24-14-30-26(18-46)22-12-32(40(24)42-28)44(30,4)16-20(22)6-2;;/h5-10,21-22,25-26,29-32,41-42,45-46H,11-18H2,1-4H3;2*1H/b19-5+,20-6+;;. The maximum absolute atomic E-state index is 11.8. The summed E-state index contributed by atoms with van der Waals surface area (Å²) in [6.45, 7) is 6.68. The highest BCUT2D eigenvalue weighted by Gasteiger charge is 2.63. The number of rotatable bonds is 3. The van der Waals surface area contributed by atoms with E-state index in [1.54, 1.807) is 12.1 Å². The zero-order valence-electron chi connectivity index (χ0n) is 29.2. The Balaban J connectivity index is 0.00000180. The molecule has 0 aliphatic carbocycles. The molecule has 8 aliphatic rings. The molecule has 12 rings (SSSR count). The highest BCUT2D eigenvalue weighted by molar-refractivity contribution is 6.11. The molecule has 2 aromatic heterocycles. The summed E-state index contributed by atoms with van der Waals surface area (Å²) in [6, 6.07) is 8.75. The van der Waals surface area contributed by atoms with Crippen molar-refractivity contribution in [3.05, 3.63) is 70.1 Å². The van der Waals surface area contributed by atoms with Crippen molar-refractivity contribution < 1.29 is 54.2 Å². The van der Waals surface area contributed by atoms with E-state index in [1.165, 1.54) is 33.7 Å². The largest absolute Gasteiger partial charge is 1.00 e. The van der Waals surface area contributed by atoms with Crippen molar-refractivity contribution in [3.63, 3.8) is 0 Å². The van der Waals surface area contributed by atoms with Gasteiger partial charge in [-0.05, 0) is 60.4 Å². The van der Waals surface area contributed by atoms with Crippen molar-refractivity contribution in [1.29, 1.82) is 0 Å².